The molecule has 1 atom stereocenters. The molecule has 0 aliphatic carbocycles. The quantitative estimate of drug-likeness (QED) is 0.897. The fourth-order valence-electron chi connectivity index (χ4n) is 2.64. The van der Waals surface area contributed by atoms with Crippen molar-refractivity contribution in [3.05, 3.63) is 35.2 Å². The molecule has 24 heavy (non-hydrogen) atoms. The number of carbonyl (C=O) groups is 1. The van der Waals surface area contributed by atoms with Crippen molar-refractivity contribution in [2.45, 2.75) is 19.5 Å². The maximum absolute atomic E-state index is 11.9. The van der Waals surface area contributed by atoms with E-state index in [0.29, 0.717) is 36.4 Å². The first-order valence-electron chi connectivity index (χ1n) is 7.88. The molecule has 1 amide bonds. The summed E-state index contributed by atoms with van der Waals surface area (Å²) in [6.07, 6.45) is 0. The summed E-state index contributed by atoms with van der Waals surface area (Å²) >= 11 is 5.88. The Hall–Kier alpha value is -1.96. The molecular weight excluding hydrogens is 330 g/mol. The summed E-state index contributed by atoms with van der Waals surface area (Å²) in [7, 11) is 0. The predicted octanol–water partition coefficient (Wildman–Crippen LogP) is 1.38. The van der Waals surface area contributed by atoms with Gasteiger partial charge in [-0.25, -0.2) is 0 Å². The van der Waals surface area contributed by atoms with Gasteiger partial charge in [0.2, 0.25) is 17.6 Å². The predicted molar refractivity (Wildman–Crippen MR) is 90.3 cm³/mol. The van der Waals surface area contributed by atoms with E-state index in [2.05, 4.69) is 15.0 Å². The van der Waals surface area contributed by atoms with Crippen LogP contribution in [-0.2, 0) is 11.3 Å². The summed E-state index contributed by atoms with van der Waals surface area (Å²) in [4.78, 5) is 20.3. The minimum Gasteiger partial charge on any atom is -0.339 e. The van der Waals surface area contributed by atoms with Crippen molar-refractivity contribution in [3.8, 4) is 11.4 Å². The summed E-state index contributed by atoms with van der Waals surface area (Å²) in [6.45, 7) is 5.14. The molecule has 3 rings (SSSR count). The minimum atomic E-state index is -0.450. The molecule has 0 saturated carbocycles. The van der Waals surface area contributed by atoms with Crippen molar-refractivity contribution in [2.24, 2.45) is 5.73 Å². The van der Waals surface area contributed by atoms with E-state index in [0.717, 1.165) is 18.7 Å². The van der Waals surface area contributed by atoms with Crippen LogP contribution in [0.15, 0.2) is 28.8 Å². The zero-order valence-corrected chi connectivity index (χ0v) is 14.2. The van der Waals surface area contributed by atoms with Crippen LogP contribution < -0.4 is 5.73 Å². The summed E-state index contributed by atoms with van der Waals surface area (Å²) in [5, 5.41) is 4.68. The third-order valence-corrected chi connectivity index (χ3v) is 4.25. The Kier molecular flexibility index (Phi) is 5.13. The molecule has 1 aromatic carbocycles. The van der Waals surface area contributed by atoms with E-state index in [9.17, 15) is 4.79 Å². The number of hydrogen-bond acceptors (Lipinski definition) is 6. The van der Waals surface area contributed by atoms with Crippen molar-refractivity contribution < 1.29 is 9.32 Å². The summed E-state index contributed by atoms with van der Waals surface area (Å²) < 4.78 is 5.33. The highest BCUT2D eigenvalue weighted by atomic mass is 35.5. The third-order valence-electron chi connectivity index (χ3n) is 4.00. The lowest BCUT2D eigenvalue weighted by molar-refractivity contribution is -0.134. The van der Waals surface area contributed by atoms with Crippen molar-refractivity contribution in [1.29, 1.82) is 0 Å². The Morgan fingerprint density at radius 1 is 1.29 bits per heavy atom. The van der Waals surface area contributed by atoms with E-state index < -0.39 is 6.04 Å². The van der Waals surface area contributed by atoms with E-state index >= 15 is 0 Å². The van der Waals surface area contributed by atoms with Crippen molar-refractivity contribution in [2.75, 3.05) is 26.2 Å². The number of nitrogens with zero attached hydrogens (tertiary/aromatic N) is 4. The lowest BCUT2D eigenvalue weighted by atomic mass is 10.2. The first-order chi connectivity index (χ1) is 11.5. The van der Waals surface area contributed by atoms with E-state index in [4.69, 9.17) is 21.9 Å². The van der Waals surface area contributed by atoms with Gasteiger partial charge in [-0.1, -0.05) is 16.8 Å². The summed E-state index contributed by atoms with van der Waals surface area (Å²) in [5.41, 5.74) is 6.51. The number of benzene rings is 1. The van der Waals surface area contributed by atoms with Crippen LogP contribution in [0.3, 0.4) is 0 Å². The Bertz CT molecular complexity index is 693. The normalized spacial score (nSPS) is 17.0. The topological polar surface area (TPSA) is 88.5 Å². The molecule has 2 N–H and O–H groups in total. The molecule has 2 aromatic rings. The lowest BCUT2D eigenvalue weighted by Gasteiger charge is -2.34. The smallest absolute Gasteiger partial charge is 0.241 e. The van der Waals surface area contributed by atoms with Gasteiger partial charge in [-0.15, -0.1) is 0 Å². The highest BCUT2D eigenvalue weighted by Crippen LogP contribution is 2.19. The van der Waals surface area contributed by atoms with Crippen LogP contribution in [0, 0.1) is 0 Å². The van der Waals surface area contributed by atoms with Gasteiger partial charge in [0.05, 0.1) is 12.6 Å². The van der Waals surface area contributed by atoms with E-state index in [1.54, 1.807) is 24.0 Å². The van der Waals surface area contributed by atoms with Crippen LogP contribution >= 0.6 is 11.6 Å². The molecule has 1 saturated heterocycles. The number of nitrogens with two attached hydrogens (primary N) is 1. The monoisotopic (exact) mass is 349 g/mol. The number of piperazine rings is 1. The molecule has 8 heteroatoms. The number of amides is 1. The fourth-order valence-corrected chi connectivity index (χ4v) is 2.77. The molecule has 1 aliphatic rings. The highest BCUT2D eigenvalue weighted by molar-refractivity contribution is 6.30. The number of carbonyl (C=O) groups excluding carboxylic acids is 1. The fraction of sp³-hybridized carbons (Fsp3) is 0.438. The van der Waals surface area contributed by atoms with Crippen molar-refractivity contribution >= 4 is 17.5 Å². The molecule has 0 radical (unpaired) electrons. The molecule has 128 valence electrons. The summed E-state index contributed by atoms with van der Waals surface area (Å²) in [6, 6.07) is 6.85. The van der Waals surface area contributed by atoms with Gasteiger partial charge in [-0.2, -0.15) is 4.98 Å². The van der Waals surface area contributed by atoms with Gasteiger partial charge < -0.3 is 15.2 Å². The maximum Gasteiger partial charge on any atom is 0.241 e. The first-order valence-corrected chi connectivity index (χ1v) is 8.26. The second kappa shape index (κ2) is 7.29. The van der Waals surface area contributed by atoms with Crippen LogP contribution in [0.4, 0.5) is 0 Å². The summed E-state index contributed by atoms with van der Waals surface area (Å²) in [5.74, 6) is 1.11. The zero-order valence-electron chi connectivity index (χ0n) is 13.5. The second-order valence-electron chi connectivity index (χ2n) is 5.91. The van der Waals surface area contributed by atoms with Gasteiger partial charge in [0.1, 0.15) is 0 Å². The van der Waals surface area contributed by atoms with Crippen LogP contribution in [0.25, 0.3) is 11.4 Å². The minimum absolute atomic E-state index is 0.00235. The van der Waals surface area contributed by atoms with Gasteiger partial charge in [-0.3, -0.25) is 9.69 Å². The first kappa shape index (κ1) is 16.9. The molecule has 1 aliphatic heterocycles. The van der Waals surface area contributed by atoms with Crippen LogP contribution in [0.1, 0.15) is 12.8 Å². The van der Waals surface area contributed by atoms with Gasteiger partial charge in [0, 0.05) is 36.8 Å². The number of hydrogen-bond donors (Lipinski definition) is 1. The van der Waals surface area contributed by atoms with Crippen molar-refractivity contribution in [1.82, 2.24) is 19.9 Å². The second-order valence-corrected chi connectivity index (χ2v) is 6.35. The molecule has 1 aromatic heterocycles. The number of aromatic nitrogens is 2. The standard InChI is InChI=1S/C16H20ClN5O2/c1-11(18)16(23)22-8-6-21(7-9-22)10-14-19-15(20-24-14)12-2-4-13(17)5-3-12/h2-5,11H,6-10,18H2,1H3. The SMILES string of the molecule is CC(N)C(=O)N1CCN(Cc2nc(-c3ccc(Cl)cc3)no2)CC1. The molecular formula is C16H20ClN5O2. The third kappa shape index (κ3) is 3.92. The Labute approximate surface area is 145 Å². The van der Waals surface area contributed by atoms with Crippen molar-refractivity contribution in [3.63, 3.8) is 0 Å². The molecule has 2 heterocycles. The molecule has 1 unspecified atom stereocenters. The Balaban J connectivity index is 1.56. The molecule has 7 nitrogen and oxygen atoms in total. The average molecular weight is 350 g/mol. The lowest BCUT2D eigenvalue weighted by Crippen LogP contribution is -2.52. The Morgan fingerprint density at radius 3 is 2.58 bits per heavy atom. The Morgan fingerprint density at radius 2 is 1.96 bits per heavy atom. The zero-order chi connectivity index (χ0) is 17.1. The van der Waals surface area contributed by atoms with Gasteiger partial charge in [0.25, 0.3) is 0 Å². The van der Waals surface area contributed by atoms with E-state index in [1.807, 2.05) is 12.1 Å². The maximum atomic E-state index is 11.9. The number of rotatable bonds is 4. The van der Waals surface area contributed by atoms with Crippen LogP contribution in [0.5, 0.6) is 0 Å². The molecule has 0 bridgehead atoms. The van der Waals surface area contributed by atoms with E-state index in [1.165, 1.54) is 0 Å². The molecule has 0 spiro atoms. The van der Waals surface area contributed by atoms with Gasteiger partial charge in [-0.05, 0) is 31.2 Å². The highest BCUT2D eigenvalue weighted by Gasteiger charge is 2.24. The van der Waals surface area contributed by atoms with E-state index in [-0.39, 0.29) is 5.91 Å². The number of halogens is 1. The largest absolute Gasteiger partial charge is 0.339 e. The van der Waals surface area contributed by atoms with Crippen LogP contribution in [0.2, 0.25) is 5.02 Å². The van der Waals surface area contributed by atoms with Crippen LogP contribution in [-0.4, -0.2) is 58.1 Å². The van der Waals surface area contributed by atoms with Gasteiger partial charge in [0.15, 0.2) is 0 Å². The molecule has 1 fully saturated rings. The van der Waals surface area contributed by atoms with Gasteiger partial charge >= 0.3 is 0 Å². The average Bonchev–Trinajstić information content (AvgIpc) is 3.04.